The second kappa shape index (κ2) is 12.5. The number of carbonyl (C=O) groups is 1. The molecular formula is C25H34Cl2N2O5. The molecule has 1 saturated heterocycles. The molecule has 2 aromatic carbocycles. The fourth-order valence-electron chi connectivity index (χ4n) is 5.12. The van der Waals surface area contributed by atoms with Gasteiger partial charge >= 0.3 is 0 Å². The van der Waals surface area contributed by atoms with Gasteiger partial charge in [0.15, 0.2) is 17.3 Å². The van der Waals surface area contributed by atoms with Crippen LogP contribution in [0.15, 0.2) is 30.3 Å². The first-order valence-electron chi connectivity index (χ1n) is 11.3. The summed E-state index contributed by atoms with van der Waals surface area (Å²) in [7, 11) is 6.49. The average molecular weight is 513 g/mol. The number of rotatable bonds is 7. The van der Waals surface area contributed by atoms with Crippen LogP contribution >= 0.6 is 0 Å². The molecule has 2 N–H and O–H groups in total. The lowest BCUT2D eigenvalue weighted by Gasteiger charge is -2.33. The van der Waals surface area contributed by atoms with Gasteiger partial charge in [-0.3, -0.25) is 9.69 Å². The van der Waals surface area contributed by atoms with Crippen LogP contribution in [0.25, 0.3) is 0 Å². The molecule has 2 aromatic rings. The van der Waals surface area contributed by atoms with E-state index in [2.05, 4.69) is 12.1 Å². The number of Topliss-reactive ketones (excluding diaryl/α,β-unsaturated/α-hetero) is 1. The van der Waals surface area contributed by atoms with Crippen molar-refractivity contribution in [2.24, 2.45) is 5.92 Å². The molecule has 0 bridgehead atoms. The van der Waals surface area contributed by atoms with E-state index >= 15 is 0 Å². The number of hydrogen-bond donors (Lipinski definition) is 2. The quantitative estimate of drug-likeness (QED) is 0.387. The summed E-state index contributed by atoms with van der Waals surface area (Å²) in [6.45, 7) is 5.14. The molecule has 1 heterocycles. The van der Waals surface area contributed by atoms with Gasteiger partial charge in [-0.15, -0.1) is 0 Å². The van der Waals surface area contributed by atoms with Crippen LogP contribution < -0.4 is 53.6 Å². The third-order valence-electron chi connectivity index (χ3n) is 6.91. The zero-order valence-electron chi connectivity index (χ0n) is 20.2. The second-order valence-corrected chi connectivity index (χ2v) is 8.56. The minimum Gasteiger partial charge on any atom is -1.00 e. The Morgan fingerprint density at radius 3 is 2.06 bits per heavy atom. The van der Waals surface area contributed by atoms with Crippen molar-refractivity contribution in [3.05, 3.63) is 41.5 Å². The number of methoxy groups -OCH3 is 4. The smallest absolute Gasteiger partial charge is 0.203 e. The highest BCUT2D eigenvalue weighted by atomic mass is 35.5. The molecule has 0 radical (unpaired) electrons. The van der Waals surface area contributed by atoms with Crippen molar-refractivity contribution in [1.82, 2.24) is 0 Å². The summed E-state index contributed by atoms with van der Waals surface area (Å²) in [6, 6.07) is 10.2. The van der Waals surface area contributed by atoms with Crippen molar-refractivity contribution >= 4 is 11.5 Å². The van der Waals surface area contributed by atoms with Crippen molar-refractivity contribution in [2.75, 3.05) is 61.2 Å². The van der Waals surface area contributed by atoms with Crippen LogP contribution in [0.2, 0.25) is 0 Å². The molecule has 1 aliphatic heterocycles. The van der Waals surface area contributed by atoms with E-state index < -0.39 is 0 Å². The molecule has 34 heavy (non-hydrogen) atoms. The maximum atomic E-state index is 13.4. The SMILES string of the molecule is COc1ccc([NH+]2CC[NH+](CC3CCc4c(cc(OC)c(OC)c4OC)C3=O)CC2)cc1.[Cl-].[Cl-]. The van der Waals surface area contributed by atoms with Gasteiger partial charge in [-0.2, -0.15) is 0 Å². The van der Waals surface area contributed by atoms with Crippen LogP contribution in [0.5, 0.6) is 23.0 Å². The Hall–Kier alpha value is -2.19. The molecule has 1 atom stereocenters. The third-order valence-corrected chi connectivity index (χ3v) is 6.91. The molecule has 9 heteroatoms. The first-order chi connectivity index (χ1) is 15.6. The molecule has 1 unspecified atom stereocenters. The Morgan fingerprint density at radius 2 is 1.50 bits per heavy atom. The Morgan fingerprint density at radius 1 is 0.853 bits per heavy atom. The summed E-state index contributed by atoms with van der Waals surface area (Å²) in [5.41, 5.74) is 2.97. The first-order valence-corrected chi connectivity index (χ1v) is 11.3. The summed E-state index contributed by atoms with van der Waals surface area (Å²) in [4.78, 5) is 16.4. The van der Waals surface area contributed by atoms with E-state index in [1.54, 1.807) is 28.4 Å². The topological polar surface area (TPSA) is 62.9 Å². The molecule has 0 saturated carbocycles. The van der Waals surface area contributed by atoms with Gasteiger partial charge in [0.25, 0.3) is 0 Å². The monoisotopic (exact) mass is 512 g/mol. The summed E-state index contributed by atoms with van der Waals surface area (Å²) in [6.07, 6.45) is 1.65. The molecule has 1 aliphatic carbocycles. The maximum Gasteiger partial charge on any atom is 0.203 e. The van der Waals surface area contributed by atoms with Crippen LogP contribution in [-0.4, -0.2) is 66.9 Å². The number of benzene rings is 2. The fourth-order valence-corrected chi connectivity index (χ4v) is 5.12. The molecule has 0 amide bonds. The Kier molecular flexibility index (Phi) is 10.3. The van der Waals surface area contributed by atoms with Crippen molar-refractivity contribution in [3.8, 4) is 23.0 Å². The lowest BCUT2D eigenvalue weighted by molar-refractivity contribution is -0.987. The Balaban J connectivity index is 0.00000204. The number of halogens is 2. The Bertz CT molecular complexity index is 963. The van der Waals surface area contributed by atoms with Gasteiger partial charge in [-0.05, 0) is 31.0 Å². The average Bonchev–Trinajstić information content (AvgIpc) is 2.85. The number of quaternary nitrogens is 2. The van der Waals surface area contributed by atoms with E-state index in [1.165, 1.54) is 15.5 Å². The van der Waals surface area contributed by atoms with E-state index in [1.807, 2.05) is 18.2 Å². The van der Waals surface area contributed by atoms with E-state index in [9.17, 15) is 4.79 Å². The second-order valence-electron chi connectivity index (χ2n) is 8.56. The summed E-state index contributed by atoms with van der Waals surface area (Å²) in [5.74, 6) is 2.84. The fraction of sp³-hybridized carbons (Fsp3) is 0.480. The van der Waals surface area contributed by atoms with E-state index in [4.69, 9.17) is 18.9 Å². The molecule has 1 fully saturated rings. The van der Waals surface area contributed by atoms with Crippen LogP contribution in [0, 0.1) is 5.92 Å². The van der Waals surface area contributed by atoms with Crippen molar-refractivity contribution in [1.29, 1.82) is 0 Å². The van der Waals surface area contributed by atoms with Crippen LogP contribution in [0.4, 0.5) is 5.69 Å². The summed E-state index contributed by atoms with van der Waals surface area (Å²) < 4.78 is 21.8. The van der Waals surface area contributed by atoms with Gasteiger partial charge in [0, 0.05) is 23.3 Å². The van der Waals surface area contributed by atoms with E-state index in [-0.39, 0.29) is 36.5 Å². The van der Waals surface area contributed by atoms with Gasteiger partial charge in [0.2, 0.25) is 5.75 Å². The lowest BCUT2D eigenvalue weighted by Crippen LogP contribution is -3.26. The molecule has 188 valence electrons. The Labute approximate surface area is 214 Å². The van der Waals surface area contributed by atoms with Gasteiger partial charge in [-0.25, -0.2) is 0 Å². The number of hydrogen-bond acceptors (Lipinski definition) is 5. The van der Waals surface area contributed by atoms with Crippen LogP contribution in [-0.2, 0) is 6.42 Å². The minimum atomic E-state index is 0. The number of ketones is 1. The van der Waals surface area contributed by atoms with Crippen LogP contribution in [0.3, 0.4) is 0 Å². The van der Waals surface area contributed by atoms with Gasteiger partial charge < -0.3 is 48.7 Å². The number of fused-ring (bicyclic) bond motifs is 1. The normalized spacial score (nSPS) is 21.4. The predicted octanol–water partition coefficient (Wildman–Crippen LogP) is -5.41. The predicted molar refractivity (Wildman–Crippen MR) is 121 cm³/mol. The number of piperazine rings is 1. The summed E-state index contributed by atoms with van der Waals surface area (Å²) >= 11 is 0. The third kappa shape index (κ3) is 5.54. The highest BCUT2D eigenvalue weighted by molar-refractivity contribution is 6.02. The van der Waals surface area contributed by atoms with Crippen molar-refractivity contribution in [3.63, 3.8) is 0 Å². The van der Waals surface area contributed by atoms with Gasteiger partial charge in [0.1, 0.15) is 37.6 Å². The molecule has 4 rings (SSSR count). The van der Waals surface area contributed by atoms with Gasteiger partial charge in [-0.1, -0.05) is 0 Å². The van der Waals surface area contributed by atoms with Crippen LogP contribution in [0.1, 0.15) is 22.3 Å². The van der Waals surface area contributed by atoms with E-state index in [0.717, 1.165) is 62.4 Å². The number of nitrogens with one attached hydrogen (secondary N) is 2. The molecule has 0 spiro atoms. The first kappa shape index (κ1) is 28.1. The van der Waals surface area contributed by atoms with Gasteiger partial charge in [0.05, 0.1) is 40.9 Å². The van der Waals surface area contributed by atoms with Crippen molar-refractivity contribution < 1.29 is 58.4 Å². The highest BCUT2D eigenvalue weighted by Crippen LogP contribution is 2.45. The standard InChI is InChI=1S/C25H32N2O5.2ClH/c1-29-19-8-6-18(7-9-19)27-13-11-26(12-14-27)16-17-5-10-20-21(23(17)28)15-22(30-2)25(32-4)24(20)31-3;;/h6-9,15,17H,5,10-14,16H2,1-4H3;2*1H. The number of ether oxygens (including phenoxy) is 4. The minimum absolute atomic E-state index is 0. The zero-order valence-corrected chi connectivity index (χ0v) is 21.7. The largest absolute Gasteiger partial charge is 1.00 e. The lowest BCUT2D eigenvalue weighted by atomic mass is 9.81. The maximum absolute atomic E-state index is 13.4. The van der Waals surface area contributed by atoms with Crippen molar-refractivity contribution in [2.45, 2.75) is 12.8 Å². The van der Waals surface area contributed by atoms with E-state index in [0.29, 0.717) is 17.2 Å². The molecule has 7 nitrogen and oxygen atoms in total. The molecular weight excluding hydrogens is 479 g/mol. The summed E-state index contributed by atoms with van der Waals surface area (Å²) in [5, 5.41) is 0. The highest BCUT2D eigenvalue weighted by Gasteiger charge is 2.36. The molecule has 2 aliphatic rings. The number of carbonyl (C=O) groups excluding carboxylic acids is 1. The zero-order chi connectivity index (χ0) is 22.7. The molecule has 0 aromatic heterocycles.